The molecule has 4 rings (SSSR count). The Morgan fingerprint density at radius 2 is 1.15 bits per heavy atom. The second-order valence-corrected chi connectivity index (χ2v) is 6.93. The van der Waals surface area contributed by atoms with E-state index >= 15 is 0 Å². The summed E-state index contributed by atoms with van der Waals surface area (Å²) in [5.74, 6) is 5.05. The lowest BCUT2D eigenvalue weighted by molar-refractivity contribution is -0.0248. The second-order valence-electron chi connectivity index (χ2n) is 6.93. The van der Waals surface area contributed by atoms with E-state index in [9.17, 15) is 0 Å². The molecule has 2 aliphatic heterocycles. The maximum absolute atomic E-state index is 6.64. The number of hydrogen-bond donors (Lipinski definition) is 0. The molecule has 27 heavy (non-hydrogen) atoms. The number of methoxy groups -OCH3 is 2. The van der Waals surface area contributed by atoms with E-state index in [0.717, 1.165) is 71.3 Å². The third-order valence-electron chi connectivity index (χ3n) is 5.10. The third-order valence-corrected chi connectivity index (χ3v) is 5.10. The van der Waals surface area contributed by atoms with Gasteiger partial charge in [-0.2, -0.15) is 0 Å². The summed E-state index contributed by atoms with van der Waals surface area (Å²) in [6, 6.07) is 8.04. The molecular weight excluding hydrogens is 344 g/mol. The minimum Gasteiger partial charge on any atom is -0.493 e. The summed E-state index contributed by atoms with van der Waals surface area (Å²) in [7, 11) is 3.32. The Balaban J connectivity index is 1.60. The van der Waals surface area contributed by atoms with Crippen molar-refractivity contribution in [3.63, 3.8) is 0 Å². The molecule has 0 radical (unpaired) electrons. The highest BCUT2D eigenvalue weighted by atomic mass is 16.6. The highest BCUT2D eigenvalue weighted by Crippen LogP contribution is 2.59. The molecule has 0 aliphatic carbocycles. The molecule has 0 saturated carbocycles. The fourth-order valence-electron chi connectivity index (χ4n) is 3.64. The zero-order valence-electron chi connectivity index (χ0n) is 16.3. The van der Waals surface area contributed by atoms with E-state index in [4.69, 9.17) is 23.7 Å². The second kappa shape index (κ2) is 7.31. The first-order valence-corrected chi connectivity index (χ1v) is 9.64. The van der Waals surface area contributed by atoms with E-state index in [1.807, 2.05) is 12.1 Å². The van der Waals surface area contributed by atoms with Crippen molar-refractivity contribution in [2.45, 2.75) is 51.7 Å². The lowest BCUT2D eigenvalue weighted by Crippen LogP contribution is -2.10. The van der Waals surface area contributed by atoms with Gasteiger partial charge < -0.3 is 23.7 Å². The van der Waals surface area contributed by atoms with Crippen molar-refractivity contribution in [2.24, 2.45) is 0 Å². The van der Waals surface area contributed by atoms with Crippen molar-refractivity contribution >= 4 is 0 Å². The molecule has 0 bridgehead atoms. The van der Waals surface area contributed by atoms with Gasteiger partial charge in [0.1, 0.15) is 0 Å². The standard InChI is InChI=1S/C22H26O5/c1-5-7-15(13-9-11-17(23-3)21-19(13)26-21)25-16(8-6-2)14-10-12-18(24-4)22-20(14)27-22/h9-12,15-16H,5-8H2,1-4H3. The number of hydrogen-bond acceptors (Lipinski definition) is 5. The monoisotopic (exact) mass is 370 g/mol. The molecule has 0 spiro atoms. The molecule has 5 heteroatoms. The number of rotatable bonds is 10. The first kappa shape index (κ1) is 18.0. The minimum atomic E-state index is -0.0230. The zero-order chi connectivity index (χ0) is 19.0. The topological polar surface area (TPSA) is 52.8 Å². The van der Waals surface area contributed by atoms with Gasteiger partial charge in [-0.05, 0) is 37.1 Å². The van der Waals surface area contributed by atoms with Gasteiger partial charge in [0.15, 0.2) is 23.0 Å². The summed E-state index contributed by atoms with van der Waals surface area (Å²) in [4.78, 5) is 0. The first-order chi connectivity index (χ1) is 13.2. The predicted octanol–water partition coefficient (Wildman–Crippen LogP) is 6.31. The van der Waals surface area contributed by atoms with Gasteiger partial charge in [-0.1, -0.05) is 26.7 Å². The number of benzene rings is 2. The molecular formula is C22H26O5. The average molecular weight is 370 g/mol. The van der Waals surface area contributed by atoms with Crippen LogP contribution >= 0.6 is 0 Å². The Hall–Kier alpha value is -2.40. The summed E-state index contributed by atoms with van der Waals surface area (Å²) in [6.45, 7) is 4.35. The summed E-state index contributed by atoms with van der Waals surface area (Å²) in [5.41, 5.74) is 2.20. The van der Waals surface area contributed by atoms with Crippen LogP contribution in [0.4, 0.5) is 0 Å². The van der Waals surface area contributed by atoms with Crippen LogP contribution in [0.25, 0.3) is 0 Å². The molecule has 2 aliphatic rings. The van der Waals surface area contributed by atoms with E-state index < -0.39 is 0 Å². The quantitative estimate of drug-likeness (QED) is 0.306. The fourth-order valence-corrected chi connectivity index (χ4v) is 3.64. The zero-order valence-corrected chi connectivity index (χ0v) is 16.3. The van der Waals surface area contributed by atoms with E-state index in [1.165, 1.54) is 0 Å². The smallest absolute Gasteiger partial charge is 0.212 e. The highest BCUT2D eigenvalue weighted by molar-refractivity contribution is 5.68. The molecule has 5 nitrogen and oxygen atoms in total. The molecule has 2 aromatic carbocycles. The lowest BCUT2D eigenvalue weighted by Gasteiger charge is -2.24. The SMILES string of the molecule is CCCC(OC(CCC)c1ccc(OC)c2c1O2)c1ccc(OC)c2c1O2. The number of ether oxygens (including phenoxy) is 5. The fraction of sp³-hybridized carbons (Fsp3) is 0.455. The molecule has 2 heterocycles. The molecule has 0 N–H and O–H groups in total. The maximum atomic E-state index is 6.64. The molecule has 0 fully saturated rings. The largest absolute Gasteiger partial charge is 0.493 e. The van der Waals surface area contributed by atoms with Gasteiger partial charge in [-0.3, -0.25) is 0 Å². The third kappa shape index (κ3) is 3.32. The van der Waals surface area contributed by atoms with E-state index in [2.05, 4.69) is 26.0 Å². The van der Waals surface area contributed by atoms with Gasteiger partial charge in [-0.15, -0.1) is 0 Å². The van der Waals surface area contributed by atoms with Gasteiger partial charge in [-0.25, -0.2) is 0 Å². The predicted molar refractivity (Wildman–Crippen MR) is 103 cm³/mol. The Labute approximate surface area is 160 Å². The van der Waals surface area contributed by atoms with Crippen LogP contribution < -0.4 is 18.9 Å². The molecule has 0 aromatic heterocycles. The normalized spacial score (nSPS) is 15.0. The van der Waals surface area contributed by atoms with Crippen LogP contribution in [-0.4, -0.2) is 14.2 Å². The van der Waals surface area contributed by atoms with E-state index in [1.54, 1.807) is 14.2 Å². The van der Waals surface area contributed by atoms with Crippen molar-refractivity contribution in [3.8, 4) is 34.5 Å². The Kier molecular flexibility index (Phi) is 4.87. The molecule has 2 aromatic rings. The van der Waals surface area contributed by atoms with Crippen LogP contribution in [0.5, 0.6) is 34.5 Å². The van der Waals surface area contributed by atoms with Gasteiger partial charge in [0, 0.05) is 11.1 Å². The molecule has 0 amide bonds. The van der Waals surface area contributed by atoms with Gasteiger partial charge in [0.2, 0.25) is 11.5 Å². The van der Waals surface area contributed by atoms with Crippen LogP contribution in [0.2, 0.25) is 0 Å². The number of fused-ring (bicyclic) bond motifs is 2. The van der Waals surface area contributed by atoms with Crippen molar-refractivity contribution in [3.05, 3.63) is 35.4 Å². The van der Waals surface area contributed by atoms with E-state index in [0.29, 0.717) is 0 Å². The van der Waals surface area contributed by atoms with Crippen LogP contribution in [0.3, 0.4) is 0 Å². The highest BCUT2D eigenvalue weighted by Gasteiger charge is 2.37. The van der Waals surface area contributed by atoms with Crippen LogP contribution in [0.1, 0.15) is 62.9 Å². The van der Waals surface area contributed by atoms with Crippen molar-refractivity contribution in [1.82, 2.24) is 0 Å². The summed E-state index contributed by atoms with van der Waals surface area (Å²) >= 11 is 0. The van der Waals surface area contributed by atoms with Gasteiger partial charge >= 0.3 is 0 Å². The Bertz CT molecular complexity index is 776. The Morgan fingerprint density at radius 3 is 1.52 bits per heavy atom. The molecule has 2 unspecified atom stereocenters. The minimum absolute atomic E-state index is 0.0230. The van der Waals surface area contributed by atoms with Crippen molar-refractivity contribution in [2.75, 3.05) is 14.2 Å². The Morgan fingerprint density at radius 1 is 0.704 bits per heavy atom. The molecule has 144 valence electrons. The molecule has 0 saturated heterocycles. The summed E-state index contributed by atoms with van der Waals surface area (Å²) in [5, 5.41) is 0. The van der Waals surface area contributed by atoms with E-state index in [-0.39, 0.29) is 12.2 Å². The van der Waals surface area contributed by atoms with Crippen molar-refractivity contribution < 1.29 is 23.7 Å². The first-order valence-electron chi connectivity index (χ1n) is 9.64. The summed E-state index contributed by atoms with van der Waals surface area (Å²) < 4.78 is 28.7. The summed E-state index contributed by atoms with van der Waals surface area (Å²) in [6.07, 6.45) is 3.88. The van der Waals surface area contributed by atoms with Crippen LogP contribution in [0, 0.1) is 0 Å². The van der Waals surface area contributed by atoms with Crippen LogP contribution in [-0.2, 0) is 4.74 Å². The van der Waals surface area contributed by atoms with Crippen molar-refractivity contribution in [1.29, 1.82) is 0 Å². The van der Waals surface area contributed by atoms with Gasteiger partial charge in [0.05, 0.1) is 26.4 Å². The van der Waals surface area contributed by atoms with Crippen LogP contribution in [0.15, 0.2) is 24.3 Å². The maximum Gasteiger partial charge on any atom is 0.212 e. The lowest BCUT2D eigenvalue weighted by atomic mass is 10.0. The molecule has 2 atom stereocenters. The average Bonchev–Trinajstić information content (AvgIpc) is 3.58. The van der Waals surface area contributed by atoms with Gasteiger partial charge in [0.25, 0.3) is 0 Å².